The molecular weight excluding hydrogens is 386 g/mol. The van der Waals surface area contributed by atoms with Crippen molar-refractivity contribution < 1.29 is 14.5 Å². The molecule has 0 aliphatic carbocycles. The molecule has 1 amide bonds. The molecule has 10 heteroatoms. The number of aromatic amines is 1. The Morgan fingerprint density at radius 2 is 2.11 bits per heavy atom. The van der Waals surface area contributed by atoms with E-state index in [1.54, 1.807) is 53.4 Å². The first-order valence-corrected chi connectivity index (χ1v) is 8.39. The standard InChI is InChI=1S/C18H12ClN5O4/c19-11-4-5-13(14(8-11)24(26)27)23-7-6-10(9-23)17-21-12-2-1-3-15(16(12)22-17)28-18(20)25/h1-9H,(H2,20,25)(H,21,22). The number of imidazole rings is 1. The van der Waals surface area contributed by atoms with Crippen LogP contribution in [-0.4, -0.2) is 25.6 Å². The van der Waals surface area contributed by atoms with E-state index in [4.69, 9.17) is 22.1 Å². The predicted octanol–water partition coefficient (Wildman–Crippen LogP) is 4.04. The highest BCUT2D eigenvalue weighted by molar-refractivity contribution is 6.30. The summed E-state index contributed by atoms with van der Waals surface area (Å²) in [6, 6.07) is 11.3. The average molecular weight is 398 g/mol. The quantitative estimate of drug-likeness (QED) is 0.396. The first-order chi connectivity index (χ1) is 13.4. The maximum Gasteiger partial charge on any atom is 0.410 e. The van der Waals surface area contributed by atoms with Crippen molar-refractivity contribution in [1.82, 2.24) is 14.5 Å². The number of hydrogen-bond acceptors (Lipinski definition) is 5. The fourth-order valence-corrected chi connectivity index (χ4v) is 3.05. The van der Waals surface area contributed by atoms with Gasteiger partial charge in [0.05, 0.1) is 10.4 Å². The molecule has 2 heterocycles. The molecule has 0 bridgehead atoms. The van der Waals surface area contributed by atoms with E-state index in [0.717, 1.165) is 0 Å². The molecule has 140 valence electrons. The van der Waals surface area contributed by atoms with Crippen molar-refractivity contribution in [2.24, 2.45) is 5.73 Å². The van der Waals surface area contributed by atoms with Crippen molar-refractivity contribution in [3.05, 3.63) is 70.0 Å². The molecule has 2 aromatic carbocycles. The molecule has 0 unspecified atom stereocenters. The number of halogens is 1. The Labute approximate surface area is 162 Å². The molecule has 0 fully saturated rings. The number of para-hydroxylation sites is 1. The van der Waals surface area contributed by atoms with E-state index in [0.29, 0.717) is 28.1 Å². The van der Waals surface area contributed by atoms with Gasteiger partial charge in [-0.25, -0.2) is 9.78 Å². The molecule has 0 radical (unpaired) electrons. The Morgan fingerprint density at radius 3 is 2.86 bits per heavy atom. The van der Waals surface area contributed by atoms with Gasteiger partial charge in [-0.3, -0.25) is 10.1 Å². The van der Waals surface area contributed by atoms with Crippen molar-refractivity contribution in [2.45, 2.75) is 0 Å². The highest BCUT2D eigenvalue weighted by Crippen LogP contribution is 2.30. The average Bonchev–Trinajstić information content (AvgIpc) is 3.28. The lowest BCUT2D eigenvalue weighted by molar-refractivity contribution is -0.384. The van der Waals surface area contributed by atoms with Crippen LogP contribution in [-0.2, 0) is 0 Å². The fraction of sp³-hybridized carbons (Fsp3) is 0. The fourth-order valence-electron chi connectivity index (χ4n) is 2.88. The molecule has 4 rings (SSSR count). The van der Waals surface area contributed by atoms with Gasteiger partial charge < -0.3 is 20.0 Å². The second-order valence-corrected chi connectivity index (χ2v) is 6.29. The summed E-state index contributed by atoms with van der Waals surface area (Å²) in [5.74, 6) is 0.742. The largest absolute Gasteiger partial charge is 0.410 e. The number of nitro benzene ring substituents is 1. The Morgan fingerprint density at radius 1 is 1.29 bits per heavy atom. The molecule has 28 heavy (non-hydrogen) atoms. The molecule has 3 N–H and O–H groups in total. The maximum absolute atomic E-state index is 11.3. The van der Waals surface area contributed by atoms with Crippen molar-refractivity contribution in [2.75, 3.05) is 0 Å². The summed E-state index contributed by atoms with van der Waals surface area (Å²) in [4.78, 5) is 29.5. The number of nitrogens with two attached hydrogens (primary N) is 1. The van der Waals surface area contributed by atoms with Crippen molar-refractivity contribution in [3.8, 4) is 22.8 Å². The van der Waals surface area contributed by atoms with Gasteiger partial charge in [0.1, 0.15) is 17.0 Å². The van der Waals surface area contributed by atoms with E-state index in [9.17, 15) is 14.9 Å². The third-order valence-electron chi connectivity index (χ3n) is 4.06. The maximum atomic E-state index is 11.3. The molecule has 0 aliphatic heterocycles. The molecule has 9 nitrogen and oxygen atoms in total. The molecule has 4 aromatic rings. The lowest BCUT2D eigenvalue weighted by Crippen LogP contribution is -2.16. The number of ether oxygens (including phenoxy) is 1. The minimum absolute atomic E-state index is 0.114. The second-order valence-electron chi connectivity index (χ2n) is 5.86. The van der Waals surface area contributed by atoms with Crippen LogP contribution in [0, 0.1) is 10.1 Å². The lowest BCUT2D eigenvalue weighted by Gasteiger charge is -2.04. The Kier molecular flexibility index (Phi) is 4.21. The number of primary amides is 1. The number of aromatic nitrogens is 3. The van der Waals surface area contributed by atoms with E-state index in [2.05, 4.69) is 9.97 Å². The number of fused-ring (bicyclic) bond motifs is 1. The van der Waals surface area contributed by atoms with E-state index >= 15 is 0 Å². The topological polar surface area (TPSA) is 129 Å². The van der Waals surface area contributed by atoms with Gasteiger partial charge in [-0.1, -0.05) is 17.7 Å². The third kappa shape index (κ3) is 3.14. The van der Waals surface area contributed by atoms with Gasteiger partial charge in [0, 0.05) is 29.0 Å². The van der Waals surface area contributed by atoms with E-state index < -0.39 is 11.0 Å². The first kappa shape index (κ1) is 17.6. The van der Waals surface area contributed by atoms with Crippen LogP contribution in [0.5, 0.6) is 5.75 Å². The summed E-state index contributed by atoms with van der Waals surface area (Å²) in [6.07, 6.45) is 2.44. The van der Waals surface area contributed by atoms with E-state index in [1.807, 2.05) is 0 Å². The molecule has 0 atom stereocenters. The van der Waals surface area contributed by atoms with Crippen LogP contribution < -0.4 is 10.5 Å². The van der Waals surface area contributed by atoms with Crippen LogP contribution in [0.3, 0.4) is 0 Å². The van der Waals surface area contributed by atoms with E-state index in [-0.39, 0.29) is 16.5 Å². The Bertz CT molecular complexity index is 1230. The summed E-state index contributed by atoms with van der Waals surface area (Å²) < 4.78 is 6.58. The summed E-state index contributed by atoms with van der Waals surface area (Å²) >= 11 is 5.87. The molecule has 0 saturated carbocycles. The second kappa shape index (κ2) is 6.71. The zero-order valence-corrected chi connectivity index (χ0v) is 14.9. The van der Waals surface area contributed by atoms with Gasteiger partial charge in [0.2, 0.25) is 0 Å². The summed E-state index contributed by atoms with van der Waals surface area (Å²) in [5, 5.41) is 11.6. The van der Waals surface area contributed by atoms with Crippen molar-refractivity contribution in [3.63, 3.8) is 0 Å². The number of nitrogens with zero attached hydrogens (tertiary/aromatic N) is 3. The molecule has 0 saturated heterocycles. The van der Waals surface area contributed by atoms with Crippen LogP contribution in [0.1, 0.15) is 0 Å². The Hall–Kier alpha value is -3.85. The molecule has 0 spiro atoms. The van der Waals surface area contributed by atoms with Gasteiger partial charge in [0.25, 0.3) is 5.69 Å². The van der Waals surface area contributed by atoms with Crippen LogP contribution >= 0.6 is 11.6 Å². The van der Waals surface area contributed by atoms with Crippen LogP contribution in [0.4, 0.5) is 10.5 Å². The number of benzene rings is 2. The molecule has 0 aliphatic rings. The SMILES string of the molecule is NC(=O)Oc1cccc2[nH]c(-c3ccn(-c4ccc(Cl)cc4[N+](=O)[O-])c3)nc12. The molecule has 2 aromatic heterocycles. The van der Waals surface area contributed by atoms with Crippen LogP contribution in [0.15, 0.2) is 54.9 Å². The van der Waals surface area contributed by atoms with Gasteiger partial charge in [0.15, 0.2) is 5.75 Å². The molecular formula is C18H12ClN5O4. The summed E-state index contributed by atoms with van der Waals surface area (Å²) in [7, 11) is 0. The third-order valence-corrected chi connectivity index (χ3v) is 4.30. The zero-order valence-electron chi connectivity index (χ0n) is 14.1. The van der Waals surface area contributed by atoms with Gasteiger partial charge in [-0.15, -0.1) is 0 Å². The zero-order chi connectivity index (χ0) is 19.8. The summed E-state index contributed by atoms with van der Waals surface area (Å²) in [5.41, 5.74) is 7.12. The highest BCUT2D eigenvalue weighted by atomic mass is 35.5. The van der Waals surface area contributed by atoms with Crippen molar-refractivity contribution >= 4 is 34.4 Å². The first-order valence-electron chi connectivity index (χ1n) is 8.01. The number of carbonyl (C=O) groups excluding carboxylic acids is 1. The normalized spacial score (nSPS) is 10.9. The van der Waals surface area contributed by atoms with Gasteiger partial charge in [-0.05, 0) is 30.3 Å². The van der Waals surface area contributed by atoms with Crippen LogP contribution in [0.25, 0.3) is 28.1 Å². The minimum atomic E-state index is -0.932. The highest BCUT2D eigenvalue weighted by Gasteiger charge is 2.17. The monoisotopic (exact) mass is 397 g/mol. The lowest BCUT2D eigenvalue weighted by atomic mass is 10.2. The minimum Gasteiger partial charge on any atom is -0.408 e. The number of nitrogens with one attached hydrogen (secondary N) is 1. The number of amides is 1. The smallest absolute Gasteiger partial charge is 0.408 e. The number of H-pyrrole nitrogens is 1. The number of rotatable bonds is 4. The van der Waals surface area contributed by atoms with Crippen LogP contribution in [0.2, 0.25) is 5.02 Å². The van der Waals surface area contributed by atoms with Gasteiger partial charge >= 0.3 is 6.09 Å². The summed E-state index contributed by atoms with van der Waals surface area (Å²) in [6.45, 7) is 0. The number of hydrogen-bond donors (Lipinski definition) is 2. The van der Waals surface area contributed by atoms with E-state index in [1.165, 1.54) is 6.07 Å². The number of nitro groups is 1. The van der Waals surface area contributed by atoms with Crippen molar-refractivity contribution in [1.29, 1.82) is 0 Å². The predicted molar refractivity (Wildman–Crippen MR) is 103 cm³/mol. The van der Waals surface area contributed by atoms with Gasteiger partial charge in [-0.2, -0.15) is 0 Å². The number of carbonyl (C=O) groups is 1. The Balaban J connectivity index is 1.76.